The zero-order chi connectivity index (χ0) is 17.0. The molecule has 0 saturated heterocycles. The van der Waals surface area contributed by atoms with Gasteiger partial charge in [0.05, 0.1) is 10.7 Å². The summed E-state index contributed by atoms with van der Waals surface area (Å²) in [5, 5.41) is 3.03. The molecule has 0 saturated carbocycles. The molecule has 0 atom stereocenters. The molecular weight excluding hydrogens is 349 g/mol. The monoisotopic (exact) mass is 357 g/mol. The van der Waals surface area contributed by atoms with Crippen molar-refractivity contribution in [2.24, 2.45) is 0 Å². The number of nitrogens with one attached hydrogen (secondary N) is 3. The molecule has 0 radical (unpaired) electrons. The van der Waals surface area contributed by atoms with Crippen LogP contribution in [0.15, 0.2) is 34.0 Å². The van der Waals surface area contributed by atoms with Crippen LogP contribution in [0.4, 0.5) is 5.69 Å². The summed E-state index contributed by atoms with van der Waals surface area (Å²) in [6.07, 6.45) is 0.900. The van der Waals surface area contributed by atoms with Crippen LogP contribution in [-0.2, 0) is 9.53 Å². The Morgan fingerprint density at radius 3 is 2.61 bits per heavy atom. The zero-order valence-corrected chi connectivity index (χ0v) is 12.8. The standard InChI is InChI=1S/C13H9Cl2N3O5/c14-6-1-2-9(8(15)3-6)17-10(19)5-23-12(21)7-4-16-13(22)18-11(7)20/h1-4H,5H2,(H,17,19)(H2,16,18,20,22). The molecule has 0 aliphatic carbocycles. The Labute approximate surface area is 138 Å². The van der Waals surface area contributed by atoms with E-state index >= 15 is 0 Å². The Hall–Kier alpha value is -2.58. The molecular formula is C13H9Cl2N3O5. The minimum Gasteiger partial charge on any atom is -0.452 e. The molecule has 0 fully saturated rings. The van der Waals surface area contributed by atoms with Gasteiger partial charge in [-0.2, -0.15) is 0 Å². The van der Waals surface area contributed by atoms with Crippen LogP contribution in [0.2, 0.25) is 10.0 Å². The number of aromatic amines is 2. The van der Waals surface area contributed by atoms with Crippen molar-refractivity contribution in [2.45, 2.75) is 0 Å². The molecule has 1 aromatic heterocycles. The van der Waals surface area contributed by atoms with E-state index in [0.29, 0.717) is 10.7 Å². The topological polar surface area (TPSA) is 121 Å². The van der Waals surface area contributed by atoms with Gasteiger partial charge in [-0.3, -0.25) is 14.6 Å². The third-order valence-electron chi connectivity index (χ3n) is 2.58. The van der Waals surface area contributed by atoms with Gasteiger partial charge in [-0.25, -0.2) is 9.59 Å². The van der Waals surface area contributed by atoms with Gasteiger partial charge in [0.25, 0.3) is 11.5 Å². The second-order valence-corrected chi connectivity index (χ2v) is 5.08. The normalized spacial score (nSPS) is 10.2. The van der Waals surface area contributed by atoms with Crippen molar-refractivity contribution in [3.63, 3.8) is 0 Å². The van der Waals surface area contributed by atoms with Crippen LogP contribution in [0.1, 0.15) is 10.4 Å². The zero-order valence-electron chi connectivity index (χ0n) is 11.3. The highest BCUT2D eigenvalue weighted by atomic mass is 35.5. The smallest absolute Gasteiger partial charge is 0.345 e. The molecule has 10 heteroatoms. The second-order valence-electron chi connectivity index (χ2n) is 4.23. The number of anilines is 1. The largest absolute Gasteiger partial charge is 0.452 e. The van der Waals surface area contributed by atoms with Gasteiger partial charge < -0.3 is 15.0 Å². The van der Waals surface area contributed by atoms with Gasteiger partial charge in [-0.1, -0.05) is 23.2 Å². The maximum Gasteiger partial charge on any atom is 0.345 e. The Kier molecular flexibility index (Phi) is 5.20. The fourth-order valence-electron chi connectivity index (χ4n) is 1.55. The van der Waals surface area contributed by atoms with E-state index in [4.69, 9.17) is 23.2 Å². The number of hydrogen-bond donors (Lipinski definition) is 3. The fourth-order valence-corrected chi connectivity index (χ4v) is 2.00. The van der Waals surface area contributed by atoms with Gasteiger partial charge in [0.1, 0.15) is 5.56 Å². The first-order valence-electron chi connectivity index (χ1n) is 6.11. The molecule has 0 unspecified atom stereocenters. The molecule has 0 aliphatic heterocycles. The number of H-pyrrole nitrogens is 2. The summed E-state index contributed by atoms with van der Waals surface area (Å²) in [7, 11) is 0. The molecule has 1 aromatic carbocycles. The molecule has 0 bridgehead atoms. The first-order valence-corrected chi connectivity index (χ1v) is 6.86. The predicted octanol–water partition coefficient (Wildman–Crippen LogP) is 1.17. The van der Waals surface area contributed by atoms with Gasteiger partial charge >= 0.3 is 11.7 Å². The van der Waals surface area contributed by atoms with E-state index in [9.17, 15) is 19.2 Å². The SMILES string of the molecule is O=C(COC(=O)c1c[nH]c(=O)[nH]c1=O)Nc1ccc(Cl)cc1Cl. The maximum atomic E-state index is 11.7. The van der Waals surface area contributed by atoms with Crippen LogP contribution in [0.25, 0.3) is 0 Å². The number of halogens is 2. The first-order chi connectivity index (χ1) is 10.9. The first kappa shape index (κ1) is 16.8. The minimum absolute atomic E-state index is 0.217. The number of carbonyl (C=O) groups is 2. The molecule has 2 aromatic rings. The molecule has 0 aliphatic rings. The van der Waals surface area contributed by atoms with E-state index in [1.165, 1.54) is 18.2 Å². The van der Waals surface area contributed by atoms with Gasteiger partial charge in [0.15, 0.2) is 6.61 Å². The molecule has 3 N–H and O–H groups in total. The van der Waals surface area contributed by atoms with E-state index in [2.05, 4.69) is 15.0 Å². The highest BCUT2D eigenvalue weighted by Gasteiger charge is 2.15. The lowest BCUT2D eigenvalue weighted by Gasteiger charge is -2.08. The minimum atomic E-state index is -1.06. The van der Waals surface area contributed by atoms with Crippen molar-refractivity contribution < 1.29 is 14.3 Å². The summed E-state index contributed by atoms with van der Waals surface area (Å²) < 4.78 is 4.68. The second kappa shape index (κ2) is 7.12. The average molecular weight is 358 g/mol. The number of benzene rings is 1. The van der Waals surface area contributed by atoms with Crippen LogP contribution >= 0.6 is 23.2 Å². The van der Waals surface area contributed by atoms with Crippen LogP contribution in [-0.4, -0.2) is 28.5 Å². The quantitative estimate of drug-likeness (QED) is 0.709. The number of carbonyl (C=O) groups excluding carboxylic acids is 2. The van der Waals surface area contributed by atoms with Crippen molar-refractivity contribution in [2.75, 3.05) is 11.9 Å². The molecule has 1 amide bonds. The molecule has 120 valence electrons. The van der Waals surface area contributed by atoms with E-state index in [0.717, 1.165) is 6.20 Å². The molecule has 1 heterocycles. The summed E-state index contributed by atoms with van der Waals surface area (Å²) in [5.41, 5.74) is -1.82. The van der Waals surface area contributed by atoms with E-state index < -0.39 is 35.3 Å². The number of amides is 1. The summed E-state index contributed by atoms with van der Waals surface area (Å²) in [5.74, 6) is -1.72. The molecule has 8 nitrogen and oxygen atoms in total. The van der Waals surface area contributed by atoms with E-state index in [-0.39, 0.29) is 5.02 Å². The van der Waals surface area contributed by atoms with E-state index in [1.54, 1.807) is 0 Å². The molecule has 23 heavy (non-hydrogen) atoms. The Bertz CT molecular complexity index is 874. The lowest BCUT2D eigenvalue weighted by atomic mass is 10.3. The molecule has 0 spiro atoms. The molecule has 2 rings (SSSR count). The summed E-state index contributed by atoms with van der Waals surface area (Å²) >= 11 is 11.6. The van der Waals surface area contributed by atoms with Crippen molar-refractivity contribution in [3.05, 3.63) is 60.8 Å². The fraction of sp³-hybridized carbons (Fsp3) is 0.0769. The number of rotatable bonds is 4. The summed E-state index contributed by atoms with van der Waals surface area (Å²) in [4.78, 5) is 49.6. The Balaban J connectivity index is 1.97. The van der Waals surface area contributed by atoms with Gasteiger partial charge in [-0.15, -0.1) is 0 Å². The number of hydrogen-bond acceptors (Lipinski definition) is 5. The van der Waals surface area contributed by atoms with Crippen molar-refractivity contribution >= 4 is 40.8 Å². The highest BCUT2D eigenvalue weighted by Crippen LogP contribution is 2.25. The Morgan fingerprint density at radius 2 is 1.96 bits per heavy atom. The maximum absolute atomic E-state index is 11.7. The lowest BCUT2D eigenvalue weighted by molar-refractivity contribution is -0.119. The summed E-state index contributed by atoms with van der Waals surface area (Å²) in [6.45, 7) is -0.643. The van der Waals surface area contributed by atoms with Crippen LogP contribution < -0.4 is 16.6 Å². The van der Waals surface area contributed by atoms with Gasteiger partial charge in [0, 0.05) is 11.2 Å². The summed E-state index contributed by atoms with van der Waals surface area (Å²) in [6, 6.07) is 4.44. The van der Waals surface area contributed by atoms with Gasteiger partial charge in [-0.05, 0) is 18.2 Å². The average Bonchev–Trinajstić information content (AvgIpc) is 2.48. The van der Waals surface area contributed by atoms with Crippen molar-refractivity contribution in [3.8, 4) is 0 Å². The van der Waals surface area contributed by atoms with Crippen LogP contribution in [0.5, 0.6) is 0 Å². The Morgan fingerprint density at radius 1 is 1.22 bits per heavy atom. The van der Waals surface area contributed by atoms with Crippen molar-refractivity contribution in [1.82, 2.24) is 9.97 Å². The predicted molar refractivity (Wildman–Crippen MR) is 83.1 cm³/mol. The van der Waals surface area contributed by atoms with Crippen molar-refractivity contribution in [1.29, 1.82) is 0 Å². The van der Waals surface area contributed by atoms with E-state index in [1.807, 2.05) is 4.98 Å². The number of ether oxygens (including phenoxy) is 1. The highest BCUT2D eigenvalue weighted by molar-refractivity contribution is 6.36. The third-order valence-corrected chi connectivity index (χ3v) is 3.13. The third kappa shape index (κ3) is 4.44. The number of esters is 1. The van der Waals surface area contributed by atoms with Gasteiger partial charge in [0.2, 0.25) is 0 Å². The van der Waals surface area contributed by atoms with Crippen LogP contribution in [0.3, 0.4) is 0 Å². The number of aromatic nitrogens is 2. The lowest BCUT2D eigenvalue weighted by Crippen LogP contribution is -2.29. The van der Waals surface area contributed by atoms with Crippen LogP contribution in [0, 0.1) is 0 Å².